The van der Waals surface area contributed by atoms with Gasteiger partial charge in [-0.25, -0.2) is 4.79 Å². The number of aromatic amines is 1. The summed E-state index contributed by atoms with van der Waals surface area (Å²) in [5.41, 5.74) is 4.93. The molecular weight excluding hydrogens is 484 g/mol. The zero-order valence-electron chi connectivity index (χ0n) is 21.5. The van der Waals surface area contributed by atoms with Gasteiger partial charge >= 0.3 is 6.09 Å². The molecule has 2 amide bonds. The molecule has 0 bridgehead atoms. The van der Waals surface area contributed by atoms with E-state index in [9.17, 15) is 9.59 Å². The van der Waals surface area contributed by atoms with E-state index < -0.39 is 6.09 Å². The summed E-state index contributed by atoms with van der Waals surface area (Å²) in [6, 6.07) is 18.0. The zero-order valence-corrected chi connectivity index (χ0v) is 22.4. The Labute approximate surface area is 222 Å². The summed E-state index contributed by atoms with van der Waals surface area (Å²) in [7, 11) is 0. The number of ether oxygens (including phenoxy) is 1. The van der Waals surface area contributed by atoms with Crippen molar-refractivity contribution in [1.82, 2.24) is 20.8 Å². The van der Waals surface area contributed by atoms with Gasteiger partial charge < -0.3 is 15.4 Å². The summed E-state index contributed by atoms with van der Waals surface area (Å²) < 4.78 is 5.79. The number of aromatic nitrogens is 2. The van der Waals surface area contributed by atoms with Crippen LogP contribution in [0.3, 0.4) is 0 Å². The Morgan fingerprint density at radius 2 is 1.73 bits per heavy atom. The van der Waals surface area contributed by atoms with Crippen LogP contribution in [0.25, 0.3) is 33.2 Å². The maximum Gasteiger partial charge on any atom is 0.412 e. The Kier molecular flexibility index (Phi) is 8.18. The standard InChI is InChI=1S/C29H32N4O3S/c1-5-30-25(34)15-19-14-24(36-29(35)31-6-2)23(16-22(19)17(3)4)27-26(28(37)33-32-27)21-13-9-11-18-10-7-8-12-20(18)21/h7-14,16-17H,5-6,15H2,1-4H3,(H,30,34)(H,31,35)(H2,32,33,37). The Bertz CT molecular complexity index is 1440. The maximum absolute atomic E-state index is 12.5. The van der Waals surface area contributed by atoms with Crippen molar-refractivity contribution >= 4 is 35.4 Å². The predicted molar refractivity (Wildman–Crippen MR) is 150 cm³/mol. The highest BCUT2D eigenvalue weighted by atomic mass is 32.1. The molecule has 0 aliphatic heterocycles. The number of fused-ring (bicyclic) bond motifs is 1. The monoisotopic (exact) mass is 516 g/mol. The van der Waals surface area contributed by atoms with Crippen molar-refractivity contribution < 1.29 is 14.3 Å². The van der Waals surface area contributed by atoms with Gasteiger partial charge in [0.05, 0.1) is 12.1 Å². The molecule has 1 heterocycles. The van der Waals surface area contributed by atoms with Crippen molar-refractivity contribution in [3.8, 4) is 28.1 Å². The minimum atomic E-state index is -0.567. The molecule has 0 spiro atoms. The number of likely N-dealkylation sites (N-methyl/N-ethyl adjacent to an activating group) is 1. The molecule has 3 N–H and O–H groups in total. The van der Waals surface area contributed by atoms with E-state index in [0.29, 0.717) is 35.1 Å². The zero-order chi connectivity index (χ0) is 26.5. The summed E-state index contributed by atoms with van der Waals surface area (Å²) in [5, 5.41) is 15.8. The summed E-state index contributed by atoms with van der Waals surface area (Å²) in [5.74, 6) is 0.381. The fourth-order valence-electron chi connectivity index (χ4n) is 4.55. The first-order valence-corrected chi connectivity index (χ1v) is 12.9. The van der Waals surface area contributed by atoms with Gasteiger partial charge in [0.15, 0.2) is 0 Å². The van der Waals surface area contributed by atoms with Gasteiger partial charge in [0.1, 0.15) is 10.8 Å². The van der Waals surface area contributed by atoms with Crippen LogP contribution in [0.15, 0.2) is 59.6 Å². The highest BCUT2D eigenvalue weighted by Gasteiger charge is 2.24. The van der Waals surface area contributed by atoms with Crippen molar-refractivity contribution in [3.63, 3.8) is 0 Å². The quantitative estimate of drug-likeness (QED) is 0.213. The van der Waals surface area contributed by atoms with Crippen molar-refractivity contribution in [2.75, 3.05) is 13.1 Å². The summed E-state index contributed by atoms with van der Waals surface area (Å²) in [6.45, 7) is 8.83. The van der Waals surface area contributed by atoms with E-state index in [1.165, 1.54) is 0 Å². The first kappa shape index (κ1) is 26.3. The van der Waals surface area contributed by atoms with E-state index in [1.807, 2.05) is 44.2 Å². The number of rotatable bonds is 8. The van der Waals surface area contributed by atoms with Crippen LogP contribution in [0.2, 0.25) is 0 Å². The molecule has 192 valence electrons. The lowest BCUT2D eigenvalue weighted by atomic mass is 9.89. The molecule has 4 aromatic rings. The van der Waals surface area contributed by atoms with Crippen LogP contribution >= 0.6 is 12.6 Å². The normalized spacial score (nSPS) is 11.1. The van der Waals surface area contributed by atoms with Gasteiger partial charge in [-0.15, -0.1) is 12.6 Å². The van der Waals surface area contributed by atoms with Crippen LogP contribution in [0.5, 0.6) is 5.75 Å². The largest absolute Gasteiger partial charge is 0.412 e. The fraction of sp³-hybridized carbons (Fsp3) is 0.276. The topological polar surface area (TPSA) is 96.1 Å². The summed E-state index contributed by atoms with van der Waals surface area (Å²) >= 11 is 4.68. The minimum Gasteiger partial charge on any atom is -0.410 e. The van der Waals surface area contributed by atoms with Crippen LogP contribution < -0.4 is 15.4 Å². The minimum absolute atomic E-state index is 0.0864. The number of carbonyl (C=O) groups excluding carboxylic acids is 2. The van der Waals surface area contributed by atoms with Crippen molar-refractivity contribution in [2.45, 2.75) is 45.1 Å². The molecule has 3 aromatic carbocycles. The number of thiol groups is 1. The van der Waals surface area contributed by atoms with Crippen LogP contribution in [-0.4, -0.2) is 35.3 Å². The lowest BCUT2D eigenvalue weighted by Crippen LogP contribution is -2.27. The van der Waals surface area contributed by atoms with Gasteiger partial charge in [-0.3, -0.25) is 9.89 Å². The first-order chi connectivity index (χ1) is 17.8. The van der Waals surface area contributed by atoms with Crippen molar-refractivity contribution in [3.05, 3.63) is 65.7 Å². The molecule has 0 aliphatic carbocycles. The molecule has 0 unspecified atom stereocenters. The number of hydrogen-bond donors (Lipinski definition) is 4. The SMILES string of the molecule is CCNC(=O)Cc1cc(OC(=O)NCC)c(-c2[nH]nc(S)c2-c2cccc3ccccc23)cc1C(C)C. The van der Waals surface area contributed by atoms with E-state index in [2.05, 4.69) is 65.5 Å². The third-order valence-corrected chi connectivity index (χ3v) is 6.51. The molecule has 0 saturated heterocycles. The third kappa shape index (κ3) is 5.64. The van der Waals surface area contributed by atoms with Gasteiger partial charge in [0, 0.05) is 24.2 Å². The Balaban J connectivity index is 1.95. The summed E-state index contributed by atoms with van der Waals surface area (Å²) in [4.78, 5) is 25.0. The van der Waals surface area contributed by atoms with E-state index in [-0.39, 0.29) is 18.2 Å². The van der Waals surface area contributed by atoms with E-state index >= 15 is 0 Å². The number of amides is 2. The molecule has 0 fully saturated rings. The second-order valence-corrected chi connectivity index (χ2v) is 9.50. The molecule has 37 heavy (non-hydrogen) atoms. The number of carbonyl (C=O) groups is 2. The molecule has 0 saturated carbocycles. The lowest BCUT2D eigenvalue weighted by Gasteiger charge is -2.19. The van der Waals surface area contributed by atoms with Crippen LogP contribution in [0, 0.1) is 0 Å². The van der Waals surface area contributed by atoms with Crippen molar-refractivity contribution in [1.29, 1.82) is 0 Å². The molecule has 0 radical (unpaired) electrons. The van der Waals surface area contributed by atoms with Gasteiger partial charge in [-0.05, 0) is 59.4 Å². The number of nitrogens with one attached hydrogen (secondary N) is 3. The smallest absolute Gasteiger partial charge is 0.410 e. The first-order valence-electron chi connectivity index (χ1n) is 12.5. The second kappa shape index (κ2) is 11.5. The molecule has 0 atom stereocenters. The van der Waals surface area contributed by atoms with E-state index in [0.717, 1.165) is 33.0 Å². The summed E-state index contributed by atoms with van der Waals surface area (Å²) in [6.07, 6.45) is -0.382. The molecule has 4 rings (SSSR count). The second-order valence-electron chi connectivity index (χ2n) is 9.08. The Hall–Kier alpha value is -3.78. The highest BCUT2D eigenvalue weighted by Crippen LogP contribution is 2.43. The molecule has 7 nitrogen and oxygen atoms in total. The van der Waals surface area contributed by atoms with Crippen LogP contribution in [-0.2, 0) is 11.2 Å². The van der Waals surface area contributed by atoms with Gasteiger partial charge in [0.2, 0.25) is 5.91 Å². The third-order valence-electron chi connectivity index (χ3n) is 6.19. The molecule has 8 heteroatoms. The maximum atomic E-state index is 12.5. The lowest BCUT2D eigenvalue weighted by molar-refractivity contribution is -0.120. The fourth-order valence-corrected chi connectivity index (χ4v) is 4.83. The van der Waals surface area contributed by atoms with E-state index in [1.54, 1.807) is 6.07 Å². The van der Waals surface area contributed by atoms with Crippen molar-refractivity contribution in [2.24, 2.45) is 0 Å². The Morgan fingerprint density at radius 3 is 2.46 bits per heavy atom. The predicted octanol–water partition coefficient (Wildman–Crippen LogP) is 6.10. The van der Waals surface area contributed by atoms with Gasteiger partial charge in [-0.1, -0.05) is 56.3 Å². The Morgan fingerprint density at radius 1 is 1.00 bits per heavy atom. The molecule has 0 aliphatic rings. The number of hydrogen-bond acceptors (Lipinski definition) is 5. The number of H-pyrrole nitrogens is 1. The average molecular weight is 517 g/mol. The van der Waals surface area contributed by atoms with Crippen LogP contribution in [0.4, 0.5) is 4.79 Å². The van der Waals surface area contributed by atoms with Gasteiger partial charge in [-0.2, -0.15) is 5.10 Å². The number of benzene rings is 3. The highest BCUT2D eigenvalue weighted by molar-refractivity contribution is 7.80. The van der Waals surface area contributed by atoms with Gasteiger partial charge in [0.25, 0.3) is 0 Å². The van der Waals surface area contributed by atoms with E-state index in [4.69, 9.17) is 4.74 Å². The molecule has 1 aromatic heterocycles. The molecular formula is C29H32N4O3S. The van der Waals surface area contributed by atoms with Crippen LogP contribution in [0.1, 0.15) is 44.7 Å². The number of nitrogens with zero attached hydrogens (tertiary/aromatic N) is 1. The average Bonchev–Trinajstić information content (AvgIpc) is 3.24.